The Kier molecular flexibility index (Phi) is 5.56. The largest absolute Gasteiger partial charge is 0.465 e. The molecule has 16 heavy (non-hydrogen) atoms. The fourth-order valence-electron chi connectivity index (χ4n) is 1.35. The predicted molar refractivity (Wildman–Crippen MR) is 60.8 cm³/mol. The Morgan fingerprint density at radius 3 is 3.06 bits per heavy atom. The fraction of sp³-hybridized carbons (Fsp3) is 0.636. The van der Waals surface area contributed by atoms with E-state index in [-0.39, 0.29) is 5.97 Å². The Morgan fingerprint density at radius 2 is 2.44 bits per heavy atom. The number of aromatic nitrogens is 2. The van der Waals surface area contributed by atoms with Gasteiger partial charge in [-0.3, -0.25) is 4.79 Å². The molecule has 5 nitrogen and oxygen atoms in total. The van der Waals surface area contributed by atoms with Crippen molar-refractivity contribution in [3.05, 3.63) is 18.2 Å². The zero-order valence-electron chi connectivity index (χ0n) is 9.61. The molecule has 1 atom stereocenters. The average Bonchev–Trinajstić information content (AvgIpc) is 2.76. The van der Waals surface area contributed by atoms with E-state index >= 15 is 0 Å². The molecule has 1 aromatic heterocycles. The summed E-state index contributed by atoms with van der Waals surface area (Å²) in [5.74, 6) is -0.342. The first-order chi connectivity index (χ1) is 7.74. The molecule has 0 fully saturated rings. The Bertz CT molecular complexity index is 298. The van der Waals surface area contributed by atoms with E-state index in [9.17, 15) is 4.79 Å². The summed E-state index contributed by atoms with van der Waals surface area (Å²) in [7, 11) is 0. The third-order valence-corrected chi connectivity index (χ3v) is 2.29. The number of rotatable bonds is 7. The maximum Gasteiger partial charge on any atom is 0.323 e. The van der Waals surface area contributed by atoms with Gasteiger partial charge in [0.15, 0.2) is 0 Å². The predicted octanol–water partition coefficient (Wildman–Crippen LogP) is 1.01. The van der Waals surface area contributed by atoms with E-state index in [0.717, 1.165) is 25.0 Å². The third kappa shape index (κ3) is 4.44. The van der Waals surface area contributed by atoms with Gasteiger partial charge in [-0.15, -0.1) is 0 Å². The Labute approximate surface area is 95.4 Å². The van der Waals surface area contributed by atoms with E-state index in [1.54, 1.807) is 12.5 Å². The van der Waals surface area contributed by atoms with Gasteiger partial charge >= 0.3 is 5.97 Å². The topological polar surface area (TPSA) is 81.0 Å². The van der Waals surface area contributed by atoms with E-state index in [1.165, 1.54) is 0 Å². The minimum absolute atomic E-state index is 0.342. The van der Waals surface area contributed by atoms with Crippen LogP contribution in [0.4, 0.5) is 0 Å². The second kappa shape index (κ2) is 7.00. The molecule has 5 heteroatoms. The van der Waals surface area contributed by atoms with Gasteiger partial charge in [0.05, 0.1) is 12.9 Å². The van der Waals surface area contributed by atoms with E-state index in [0.29, 0.717) is 13.0 Å². The van der Waals surface area contributed by atoms with Gasteiger partial charge in [-0.05, 0) is 6.42 Å². The number of aromatic amines is 1. The molecule has 0 saturated carbocycles. The standard InChI is InChI=1S/C11H19N3O2/c1-2-3-4-5-16-11(15)10(12)6-9-7-13-8-14-9/h7-8,10H,2-6,12H2,1H3,(H,13,14). The lowest BCUT2D eigenvalue weighted by Crippen LogP contribution is -2.34. The number of nitrogens with two attached hydrogens (primary N) is 1. The molecule has 0 bridgehead atoms. The Balaban J connectivity index is 2.20. The Hall–Kier alpha value is -1.36. The number of hydrogen-bond donors (Lipinski definition) is 2. The van der Waals surface area contributed by atoms with Crippen molar-refractivity contribution in [2.45, 2.75) is 38.6 Å². The first-order valence-electron chi connectivity index (χ1n) is 5.63. The molecule has 1 aromatic rings. The van der Waals surface area contributed by atoms with Crippen molar-refractivity contribution < 1.29 is 9.53 Å². The molecule has 0 saturated heterocycles. The lowest BCUT2D eigenvalue weighted by molar-refractivity contribution is -0.145. The highest BCUT2D eigenvalue weighted by Crippen LogP contribution is 2.00. The number of esters is 1. The molecule has 0 aliphatic heterocycles. The summed E-state index contributed by atoms with van der Waals surface area (Å²) >= 11 is 0. The highest BCUT2D eigenvalue weighted by atomic mass is 16.5. The van der Waals surface area contributed by atoms with Crippen LogP contribution < -0.4 is 5.73 Å². The number of H-pyrrole nitrogens is 1. The molecule has 0 spiro atoms. The molecule has 3 N–H and O–H groups in total. The highest BCUT2D eigenvalue weighted by molar-refractivity contribution is 5.75. The molecular formula is C11H19N3O2. The van der Waals surface area contributed by atoms with Gasteiger partial charge in [0.2, 0.25) is 0 Å². The van der Waals surface area contributed by atoms with Crippen LogP contribution in [0.25, 0.3) is 0 Å². The summed E-state index contributed by atoms with van der Waals surface area (Å²) in [5, 5.41) is 0. The van der Waals surface area contributed by atoms with Crippen molar-refractivity contribution in [1.29, 1.82) is 0 Å². The molecule has 0 aromatic carbocycles. The summed E-state index contributed by atoms with van der Waals surface area (Å²) in [6, 6.07) is -0.609. The van der Waals surface area contributed by atoms with Crippen molar-refractivity contribution >= 4 is 5.97 Å². The summed E-state index contributed by atoms with van der Waals surface area (Å²) in [6.07, 6.45) is 6.74. The van der Waals surface area contributed by atoms with Crippen LogP contribution in [0, 0.1) is 0 Å². The second-order valence-electron chi connectivity index (χ2n) is 3.76. The molecular weight excluding hydrogens is 206 g/mol. The zero-order chi connectivity index (χ0) is 11.8. The first kappa shape index (κ1) is 12.7. The van der Waals surface area contributed by atoms with E-state index < -0.39 is 6.04 Å². The minimum Gasteiger partial charge on any atom is -0.465 e. The summed E-state index contributed by atoms with van der Waals surface area (Å²) < 4.78 is 5.06. The summed E-state index contributed by atoms with van der Waals surface area (Å²) in [4.78, 5) is 18.2. The maximum absolute atomic E-state index is 11.5. The smallest absolute Gasteiger partial charge is 0.323 e. The second-order valence-corrected chi connectivity index (χ2v) is 3.76. The van der Waals surface area contributed by atoms with Crippen LogP contribution in [0.1, 0.15) is 31.9 Å². The molecule has 0 aliphatic rings. The number of ether oxygens (including phenoxy) is 1. The van der Waals surface area contributed by atoms with Gasteiger partial charge in [0.1, 0.15) is 6.04 Å². The molecule has 90 valence electrons. The van der Waals surface area contributed by atoms with Crippen LogP contribution in [-0.4, -0.2) is 28.6 Å². The number of imidazole rings is 1. The van der Waals surface area contributed by atoms with Crippen LogP contribution >= 0.6 is 0 Å². The van der Waals surface area contributed by atoms with Crippen LogP contribution in [0.15, 0.2) is 12.5 Å². The number of carbonyl (C=O) groups excluding carboxylic acids is 1. The van der Waals surface area contributed by atoms with Crippen LogP contribution in [0.3, 0.4) is 0 Å². The van der Waals surface area contributed by atoms with Crippen molar-refractivity contribution in [3.8, 4) is 0 Å². The zero-order valence-corrected chi connectivity index (χ0v) is 9.61. The molecule has 1 unspecified atom stereocenters. The van der Waals surface area contributed by atoms with E-state index in [2.05, 4.69) is 16.9 Å². The highest BCUT2D eigenvalue weighted by Gasteiger charge is 2.15. The van der Waals surface area contributed by atoms with Crippen molar-refractivity contribution in [1.82, 2.24) is 9.97 Å². The lowest BCUT2D eigenvalue weighted by atomic mass is 10.2. The van der Waals surface area contributed by atoms with E-state index in [4.69, 9.17) is 10.5 Å². The van der Waals surface area contributed by atoms with Gasteiger partial charge in [-0.25, -0.2) is 4.98 Å². The molecule has 0 aliphatic carbocycles. The normalized spacial score (nSPS) is 12.4. The first-order valence-corrected chi connectivity index (χ1v) is 5.63. The third-order valence-electron chi connectivity index (χ3n) is 2.29. The molecule has 1 heterocycles. The van der Waals surface area contributed by atoms with Gasteiger partial charge in [0, 0.05) is 18.3 Å². The minimum atomic E-state index is -0.609. The van der Waals surface area contributed by atoms with Crippen molar-refractivity contribution in [3.63, 3.8) is 0 Å². The van der Waals surface area contributed by atoms with Crippen LogP contribution in [0.5, 0.6) is 0 Å². The fourth-order valence-corrected chi connectivity index (χ4v) is 1.35. The van der Waals surface area contributed by atoms with Crippen LogP contribution in [-0.2, 0) is 16.0 Å². The number of nitrogens with zero attached hydrogens (tertiary/aromatic N) is 1. The molecule has 1 rings (SSSR count). The van der Waals surface area contributed by atoms with Crippen LogP contribution in [0.2, 0.25) is 0 Å². The average molecular weight is 225 g/mol. The summed E-state index contributed by atoms with van der Waals surface area (Å²) in [5.41, 5.74) is 6.55. The van der Waals surface area contributed by atoms with Crippen molar-refractivity contribution in [2.24, 2.45) is 5.73 Å². The number of hydrogen-bond acceptors (Lipinski definition) is 4. The Morgan fingerprint density at radius 1 is 1.62 bits per heavy atom. The van der Waals surface area contributed by atoms with Gasteiger partial charge in [-0.1, -0.05) is 19.8 Å². The SMILES string of the molecule is CCCCCOC(=O)C(N)Cc1cnc[nH]1. The van der Waals surface area contributed by atoms with Gasteiger partial charge in [0.25, 0.3) is 0 Å². The van der Waals surface area contributed by atoms with Crippen molar-refractivity contribution in [2.75, 3.05) is 6.61 Å². The molecule has 0 amide bonds. The summed E-state index contributed by atoms with van der Waals surface area (Å²) in [6.45, 7) is 2.56. The number of nitrogens with one attached hydrogen (secondary N) is 1. The van der Waals surface area contributed by atoms with E-state index in [1.807, 2.05) is 0 Å². The quantitative estimate of drug-likeness (QED) is 0.536. The lowest BCUT2D eigenvalue weighted by Gasteiger charge is -2.10. The monoisotopic (exact) mass is 225 g/mol. The van der Waals surface area contributed by atoms with Gasteiger partial charge < -0.3 is 15.5 Å². The van der Waals surface area contributed by atoms with Gasteiger partial charge in [-0.2, -0.15) is 0 Å². The number of carbonyl (C=O) groups is 1. The number of unbranched alkanes of at least 4 members (excludes halogenated alkanes) is 2. The maximum atomic E-state index is 11.5. The molecule has 0 radical (unpaired) electrons.